The van der Waals surface area contributed by atoms with Crippen LogP contribution in [0, 0.1) is 5.92 Å². The smallest absolute Gasteiger partial charge is 0.381 e. The number of piperidine rings is 1. The lowest BCUT2D eigenvalue weighted by atomic mass is 9.93. The summed E-state index contributed by atoms with van der Waals surface area (Å²) in [5, 5.41) is 6.57. The van der Waals surface area contributed by atoms with E-state index in [9.17, 15) is 13.2 Å². The van der Waals surface area contributed by atoms with Crippen LogP contribution in [0.1, 0.15) is 38.5 Å². The molecule has 0 unspecified atom stereocenters. The third-order valence-electron chi connectivity index (χ3n) is 5.31. The number of likely N-dealkylation sites (tertiary alicyclic amines) is 1. The molecule has 6 nitrogen and oxygen atoms in total. The Kier molecular flexibility index (Phi) is 10.4. The Labute approximate surface area is 166 Å². The monoisotopic (exact) mass is 408 g/mol. The maximum atomic E-state index is 12.4. The molecule has 0 aliphatic carbocycles. The molecule has 2 aliphatic heterocycles. The second-order valence-electron chi connectivity index (χ2n) is 7.59. The van der Waals surface area contributed by atoms with Crippen molar-refractivity contribution in [1.29, 1.82) is 0 Å². The molecule has 0 radical (unpaired) electrons. The van der Waals surface area contributed by atoms with E-state index in [0.717, 1.165) is 77.4 Å². The Balaban J connectivity index is 1.48. The van der Waals surface area contributed by atoms with E-state index in [1.54, 1.807) is 7.05 Å². The summed E-state index contributed by atoms with van der Waals surface area (Å²) < 4.78 is 48.4. The lowest BCUT2D eigenvalue weighted by Gasteiger charge is -2.32. The quantitative estimate of drug-likeness (QED) is 0.349. The molecule has 2 fully saturated rings. The number of halogens is 3. The van der Waals surface area contributed by atoms with Gasteiger partial charge in [-0.25, -0.2) is 0 Å². The number of ether oxygens (including phenoxy) is 2. The molecule has 0 atom stereocenters. The summed E-state index contributed by atoms with van der Waals surface area (Å²) in [6, 6.07) is 0. The molecule has 2 aliphatic rings. The highest BCUT2D eigenvalue weighted by Gasteiger charge is 2.32. The molecule has 2 N–H and O–H groups in total. The summed E-state index contributed by atoms with van der Waals surface area (Å²) in [6.45, 7) is 4.16. The van der Waals surface area contributed by atoms with Crippen molar-refractivity contribution in [3.8, 4) is 0 Å². The van der Waals surface area contributed by atoms with Crippen molar-refractivity contribution < 1.29 is 22.6 Å². The molecule has 28 heavy (non-hydrogen) atoms. The van der Waals surface area contributed by atoms with Gasteiger partial charge in [-0.05, 0) is 57.5 Å². The van der Waals surface area contributed by atoms with Gasteiger partial charge < -0.3 is 20.1 Å². The Morgan fingerprint density at radius 3 is 2.43 bits per heavy atom. The molecule has 9 heteroatoms. The fraction of sp³-hybridized carbons (Fsp3) is 0.947. The maximum absolute atomic E-state index is 12.4. The van der Waals surface area contributed by atoms with E-state index < -0.39 is 12.7 Å². The van der Waals surface area contributed by atoms with E-state index in [-0.39, 0.29) is 0 Å². The molecule has 2 rings (SSSR count). The molecular weight excluding hydrogens is 373 g/mol. The van der Waals surface area contributed by atoms with Crippen LogP contribution < -0.4 is 10.6 Å². The zero-order valence-electron chi connectivity index (χ0n) is 16.9. The third kappa shape index (κ3) is 9.93. The fourth-order valence-electron chi connectivity index (χ4n) is 3.67. The number of guanidine groups is 1. The molecule has 2 saturated heterocycles. The van der Waals surface area contributed by atoms with Crippen LogP contribution in [0.15, 0.2) is 4.99 Å². The first-order chi connectivity index (χ1) is 13.5. The van der Waals surface area contributed by atoms with Crippen molar-refractivity contribution in [2.45, 2.75) is 50.8 Å². The van der Waals surface area contributed by atoms with Gasteiger partial charge in [0, 0.05) is 40.0 Å². The van der Waals surface area contributed by atoms with Gasteiger partial charge in [0.05, 0.1) is 12.6 Å². The van der Waals surface area contributed by atoms with Crippen LogP contribution in [-0.4, -0.2) is 82.7 Å². The van der Waals surface area contributed by atoms with Gasteiger partial charge in [0.25, 0.3) is 0 Å². The van der Waals surface area contributed by atoms with Gasteiger partial charge in [-0.2, -0.15) is 13.2 Å². The highest BCUT2D eigenvalue weighted by atomic mass is 19.4. The third-order valence-corrected chi connectivity index (χ3v) is 5.31. The second kappa shape index (κ2) is 12.5. The van der Waals surface area contributed by atoms with Crippen molar-refractivity contribution in [1.82, 2.24) is 15.5 Å². The summed E-state index contributed by atoms with van der Waals surface area (Å²) in [6.07, 6.45) is 1.71. The SMILES string of the molecule is CN=C(NCCCOC1CCOCC1)NCCC1CCN(CC(F)(F)F)CC1. The van der Waals surface area contributed by atoms with Crippen LogP contribution in [0.5, 0.6) is 0 Å². The summed E-state index contributed by atoms with van der Waals surface area (Å²) in [5.41, 5.74) is 0. The van der Waals surface area contributed by atoms with Crippen LogP contribution in [0.2, 0.25) is 0 Å². The van der Waals surface area contributed by atoms with E-state index in [1.807, 2.05) is 0 Å². The summed E-state index contributed by atoms with van der Waals surface area (Å²) >= 11 is 0. The van der Waals surface area contributed by atoms with E-state index in [0.29, 0.717) is 25.1 Å². The van der Waals surface area contributed by atoms with E-state index in [1.165, 1.54) is 4.90 Å². The topological polar surface area (TPSA) is 58.1 Å². The molecule has 0 spiro atoms. The van der Waals surface area contributed by atoms with Crippen molar-refractivity contribution in [3.63, 3.8) is 0 Å². The molecule has 0 aromatic rings. The van der Waals surface area contributed by atoms with Crippen LogP contribution in [0.4, 0.5) is 13.2 Å². The van der Waals surface area contributed by atoms with Crippen LogP contribution in [0.3, 0.4) is 0 Å². The van der Waals surface area contributed by atoms with E-state index in [4.69, 9.17) is 9.47 Å². The molecule has 0 saturated carbocycles. The van der Waals surface area contributed by atoms with Gasteiger partial charge in [0.1, 0.15) is 0 Å². The molecular formula is C19H35F3N4O2. The summed E-state index contributed by atoms with van der Waals surface area (Å²) in [7, 11) is 1.74. The highest BCUT2D eigenvalue weighted by molar-refractivity contribution is 5.79. The molecule has 2 heterocycles. The lowest BCUT2D eigenvalue weighted by Crippen LogP contribution is -2.42. The summed E-state index contributed by atoms with van der Waals surface area (Å²) in [4.78, 5) is 5.72. The predicted molar refractivity (Wildman–Crippen MR) is 104 cm³/mol. The Bertz CT molecular complexity index is 449. The van der Waals surface area contributed by atoms with Gasteiger partial charge >= 0.3 is 6.18 Å². The average molecular weight is 409 g/mol. The van der Waals surface area contributed by atoms with Crippen molar-refractivity contribution >= 4 is 5.96 Å². The standard InChI is InChI=1S/C19H35F3N4O2/c1-23-18(24-8-2-12-28-17-6-13-27-14-7-17)25-9-3-16-4-10-26(11-5-16)15-19(20,21)22/h16-17H,2-15H2,1H3,(H2,23,24,25). The molecule has 164 valence electrons. The van der Waals surface area contributed by atoms with Gasteiger partial charge in [-0.3, -0.25) is 9.89 Å². The van der Waals surface area contributed by atoms with Gasteiger partial charge in [0.2, 0.25) is 0 Å². The Morgan fingerprint density at radius 2 is 1.79 bits per heavy atom. The van der Waals surface area contributed by atoms with E-state index >= 15 is 0 Å². The minimum absolute atomic E-state index is 0.328. The fourth-order valence-corrected chi connectivity index (χ4v) is 3.67. The predicted octanol–water partition coefficient (Wildman–Crippen LogP) is 2.40. The minimum atomic E-state index is -4.09. The summed E-state index contributed by atoms with van der Waals surface area (Å²) in [5.74, 6) is 1.24. The largest absolute Gasteiger partial charge is 0.401 e. The zero-order chi connectivity index (χ0) is 20.2. The van der Waals surface area contributed by atoms with Crippen molar-refractivity contribution in [2.75, 3.05) is 59.6 Å². The molecule has 0 bridgehead atoms. The van der Waals surface area contributed by atoms with Gasteiger partial charge in [-0.15, -0.1) is 0 Å². The maximum Gasteiger partial charge on any atom is 0.401 e. The van der Waals surface area contributed by atoms with Crippen LogP contribution >= 0.6 is 0 Å². The number of nitrogens with zero attached hydrogens (tertiary/aromatic N) is 2. The van der Waals surface area contributed by atoms with E-state index in [2.05, 4.69) is 15.6 Å². The number of nitrogens with one attached hydrogen (secondary N) is 2. The van der Waals surface area contributed by atoms with Crippen LogP contribution in [-0.2, 0) is 9.47 Å². The molecule has 0 aromatic carbocycles. The number of aliphatic imine (C=N–C) groups is 1. The number of hydrogen-bond donors (Lipinski definition) is 2. The minimum Gasteiger partial charge on any atom is -0.381 e. The molecule has 0 amide bonds. The zero-order valence-corrected chi connectivity index (χ0v) is 16.9. The second-order valence-corrected chi connectivity index (χ2v) is 7.59. The van der Waals surface area contributed by atoms with Gasteiger partial charge in [-0.1, -0.05) is 0 Å². The Morgan fingerprint density at radius 1 is 1.11 bits per heavy atom. The number of rotatable bonds is 9. The van der Waals surface area contributed by atoms with Crippen molar-refractivity contribution in [2.24, 2.45) is 10.9 Å². The first kappa shape index (κ1) is 23.2. The van der Waals surface area contributed by atoms with Crippen LogP contribution in [0.25, 0.3) is 0 Å². The first-order valence-corrected chi connectivity index (χ1v) is 10.4. The molecule has 0 aromatic heterocycles. The highest BCUT2D eigenvalue weighted by Crippen LogP contribution is 2.23. The lowest BCUT2D eigenvalue weighted by molar-refractivity contribution is -0.148. The van der Waals surface area contributed by atoms with Crippen molar-refractivity contribution in [3.05, 3.63) is 0 Å². The van der Waals surface area contributed by atoms with Gasteiger partial charge in [0.15, 0.2) is 5.96 Å². The number of hydrogen-bond acceptors (Lipinski definition) is 4. The normalized spacial score (nSPS) is 21.1. The first-order valence-electron chi connectivity index (χ1n) is 10.4. The average Bonchev–Trinajstić information content (AvgIpc) is 2.67. The number of alkyl halides is 3. The Hall–Kier alpha value is -1.06.